The Hall–Kier alpha value is -1.66. The molecule has 0 aromatic heterocycles. The van der Waals surface area contributed by atoms with Gasteiger partial charge < -0.3 is 20.3 Å². The second-order valence-corrected chi connectivity index (χ2v) is 15.7. The fourth-order valence-corrected chi connectivity index (χ4v) is 6.86. The Labute approximate surface area is 329 Å². The lowest BCUT2D eigenvalue weighted by molar-refractivity contribution is -0.143. The molecule has 0 aromatic rings. The van der Waals surface area contributed by atoms with E-state index in [0.717, 1.165) is 83.5 Å². The summed E-state index contributed by atoms with van der Waals surface area (Å²) in [4.78, 5) is 24.4. The summed E-state index contributed by atoms with van der Waals surface area (Å²) in [5.74, 6) is -0.108. The molecule has 2 atom stereocenters. The van der Waals surface area contributed by atoms with Crippen LogP contribution in [0.5, 0.6) is 0 Å². The number of aliphatic hydroxyl groups is 2. The SMILES string of the molecule is CCCCC/C=C\CCCCCCCC(=O)OCCCC/C=C\CCCCCCCC(=O)NC(CO)C(O)CCCCCCCCCCCCCCC. The lowest BCUT2D eigenvalue weighted by Crippen LogP contribution is -2.45. The normalized spacial score (nSPS) is 12.9. The average Bonchev–Trinajstić information content (AvgIpc) is 3.16. The molecule has 6 nitrogen and oxygen atoms in total. The lowest BCUT2D eigenvalue weighted by atomic mass is 10.0. The summed E-state index contributed by atoms with van der Waals surface area (Å²) < 4.78 is 5.41. The van der Waals surface area contributed by atoms with Crippen molar-refractivity contribution in [3.63, 3.8) is 0 Å². The van der Waals surface area contributed by atoms with Crippen LogP contribution in [-0.2, 0) is 14.3 Å². The third-order valence-corrected chi connectivity index (χ3v) is 10.5. The van der Waals surface area contributed by atoms with Gasteiger partial charge in [-0.15, -0.1) is 0 Å². The van der Waals surface area contributed by atoms with Crippen LogP contribution >= 0.6 is 0 Å². The number of carbonyl (C=O) groups excluding carboxylic acids is 2. The number of hydrogen-bond donors (Lipinski definition) is 3. The number of aliphatic hydroxyl groups excluding tert-OH is 2. The Bertz CT molecular complexity index is 828. The van der Waals surface area contributed by atoms with Crippen LogP contribution in [-0.4, -0.2) is 47.4 Å². The highest BCUT2D eigenvalue weighted by Gasteiger charge is 2.20. The molecule has 53 heavy (non-hydrogen) atoms. The Kier molecular flexibility index (Phi) is 41.7. The number of allylic oxidation sites excluding steroid dienone is 4. The summed E-state index contributed by atoms with van der Waals surface area (Å²) in [6.45, 7) is 4.83. The zero-order valence-corrected chi connectivity index (χ0v) is 35.2. The van der Waals surface area contributed by atoms with Crippen molar-refractivity contribution in [2.24, 2.45) is 0 Å². The van der Waals surface area contributed by atoms with Gasteiger partial charge in [0.25, 0.3) is 0 Å². The molecule has 0 bridgehead atoms. The molecule has 0 saturated carbocycles. The number of carbonyl (C=O) groups is 2. The third kappa shape index (κ3) is 39.8. The number of amides is 1. The number of nitrogens with one attached hydrogen (secondary N) is 1. The topological polar surface area (TPSA) is 95.9 Å². The van der Waals surface area contributed by atoms with Crippen molar-refractivity contribution in [1.82, 2.24) is 5.32 Å². The van der Waals surface area contributed by atoms with Gasteiger partial charge in [0.15, 0.2) is 0 Å². The highest BCUT2D eigenvalue weighted by Crippen LogP contribution is 2.15. The molecule has 0 aliphatic heterocycles. The fourth-order valence-electron chi connectivity index (χ4n) is 6.86. The van der Waals surface area contributed by atoms with Gasteiger partial charge in [-0.25, -0.2) is 0 Å². The second kappa shape index (κ2) is 43.1. The maximum atomic E-state index is 12.4. The van der Waals surface area contributed by atoms with Gasteiger partial charge in [-0.3, -0.25) is 9.59 Å². The highest BCUT2D eigenvalue weighted by molar-refractivity contribution is 5.76. The van der Waals surface area contributed by atoms with Crippen LogP contribution in [0.2, 0.25) is 0 Å². The van der Waals surface area contributed by atoms with Crippen molar-refractivity contribution in [3.8, 4) is 0 Å². The summed E-state index contributed by atoms with van der Waals surface area (Å²) in [6.07, 6.45) is 48.5. The van der Waals surface area contributed by atoms with Crippen LogP contribution in [0, 0.1) is 0 Å². The number of ether oxygens (including phenoxy) is 1. The molecule has 0 spiro atoms. The molecule has 0 aromatic carbocycles. The van der Waals surface area contributed by atoms with E-state index in [1.54, 1.807) is 0 Å². The molecule has 0 heterocycles. The first-order chi connectivity index (χ1) is 26.0. The van der Waals surface area contributed by atoms with E-state index in [2.05, 4.69) is 43.5 Å². The molecule has 3 N–H and O–H groups in total. The number of rotatable bonds is 42. The highest BCUT2D eigenvalue weighted by atomic mass is 16.5. The largest absolute Gasteiger partial charge is 0.466 e. The van der Waals surface area contributed by atoms with Crippen molar-refractivity contribution in [2.45, 2.75) is 251 Å². The van der Waals surface area contributed by atoms with E-state index < -0.39 is 12.1 Å². The van der Waals surface area contributed by atoms with E-state index in [4.69, 9.17) is 4.74 Å². The van der Waals surface area contributed by atoms with Gasteiger partial charge in [-0.2, -0.15) is 0 Å². The summed E-state index contributed by atoms with van der Waals surface area (Å²) in [6, 6.07) is -0.561. The van der Waals surface area contributed by atoms with Crippen molar-refractivity contribution in [1.29, 1.82) is 0 Å². The predicted octanol–water partition coefficient (Wildman–Crippen LogP) is 13.2. The van der Waals surface area contributed by atoms with Gasteiger partial charge in [0, 0.05) is 12.8 Å². The van der Waals surface area contributed by atoms with Crippen LogP contribution in [0.4, 0.5) is 0 Å². The molecule has 1 amide bonds. The molecule has 312 valence electrons. The van der Waals surface area contributed by atoms with Crippen molar-refractivity contribution in [2.75, 3.05) is 13.2 Å². The zero-order chi connectivity index (χ0) is 38.7. The van der Waals surface area contributed by atoms with E-state index in [1.165, 1.54) is 122 Å². The molecule has 0 aliphatic carbocycles. The Morgan fingerprint density at radius 3 is 1.38 bits per heavy atom. The lowest BCUT2D eigenvalue weighted by Gasteiger charge is -2.22. The first-order valence-corrected chi connectivity index (χ1v) is 23.1. The molecule has 6 heteroatoms. The molecule has 2 unspecified atom stereocenters. The minimum Gasteiger partial charge on any atom is -0.466 e. The fraction of sp³-hybridized carbons (Fsp3) is 0.872. The number of hydrogen-bond acceptors (Lipinski definition) is 5. The van der Waals surface area contributed by atoms with Crippen molar-refractivity contribution >= 4 is 11.9 Å². The van der Waals surface area contributed by atoms with Gasteiger partial charge >= 0.3 is 5.97 Å². The van der Waals surface area contributed by atoms with Gasteiger partial charge in [0.05, 0.1) is 25.4 Å². The van der Waals surface area contributed by atoms with E-state index >= 15 is 0 Å². The van der Waals surface area contributed by atoms with Crippen LogP contribution < -0.4 is 5.32 Å². The molecule has 0 radical (unpaired) electrons. The molecular formula is C47H89NO5. The average molecular weight is 748 g/mol. The standard InChI is InChI=1S/C47H89NO5/c1-3-5-7-9-11-13-15-17-19-23-27-31-35-39-45(50)44(43-49)48-46(51)40-36-32-28-24-20-18-22-26-30-34-38-42-53-47(52)41-37-33-29-25-21-16-14-12-10-8-6-4-2/h12,14,22,26,44-45,49-50H,3-11,13,15-21,23-25,27-43H2,1-2H3,(H,48,51)/b14-12-,26-22-. The zero-order valence-electron chi connectivity index (χ0n) is 35.2. The van der Waals surface area contributed by atoms with Gasteiger partial charge in [-0.1, -0.05) is 173 Å². The minimum absolute atomic E-state index is 0.0419. The van der Waals surface area contributed by atoms with Gasteiger partial charge in [0.2, 0.25) is 5.91 Å². The molecule has 0 saturated heterocycles. The summed E-state index contributed by atoms with van der Waals surface area (Å²) >= 11 is 0. The summed E-state index contributed by atoms with van der Waals surface area (Å²) in [5, 5.41) is 23.1. The van der Waals surface area contributed by atoms with Crippen molar-refractivity contribution in [3.05, 3.63) is 24.3 Å². The number of esters is 1. The Balaban J connectivity index is 3.54. The van der Waals surface area contributed by atoms with Crippen LogP contribution in [0.1, 0.15) is 239 Å². The van der Waals surface area contributed by atoms with Gasteiger partial charge in [0.1, 0.15) is 0 Å². The monoisotopic (exact) mass is 748 g/mol. The molecule has 0 aliphatic rings. The van der Waals surface area contributed by atoms with E-state index in [-0.39, 0.29) is 18.5 Å². The summed E-state index contributed by atoms with van der Waals surface area (Å²) in [5.41, 5.74) is 0. The molecular weight excluding hydrogens is 659 g/mol. The summed E-state index contributed by atoms with van der Waals surface area (Å²) in [7, 11) is 0. The van der Waals surface area contributed by atoms with Crippen molar-refractivity contribution < 1.29 is 24.5 Å². The Morgan fingerprint density at radius 1 is 0.509 bits per heavy atom. The maximum absolute atomic E-state index is 12.4. The first-order valence-electron chi connectivity index (χ1n) is 23.1. The predicted molar refractivity (Wildman–Crippen MR) is 227 cm³/mol. The number of unbranched alkanes of at least 4 members (excludes halogenated alkanes) is 27. The molecule has 0 rings (SSSR count). The van der Waals surface area contributed by atoms with Crippen LogP contribution in [0.15, 0.2) is 24.3 Å². The van der Waals surface area contributed by atoms with Crippen LogP contribution in [0.3, 0.4) is 0 Å². The van der Waals surface area contributed by atoms with Gasteiger partial charge in [-0.05, 0) is 77.0 Å². The van der Waals surface area contributed by atoms with E-state index in [1.807, 2.05) is 0 Å². The van der Waals surface area contributed by atoms with E-state index in [0.29, 0.717) is 25.9 Å². The maximum Gasteiger partial charge on any atom is 0.305 e. The first kappa shape index (κ1) is 51.3. The second-order valence-electron chi connectivity index (χ2n) is 15.7. The Morgan fingerprint density at radius 2 is 0.887 bits per heavy atom. The van der Waals surface area contributed by atoms with Crippen LogP contribution in [0.25, 0.3) is 0 Å². The van der Waals surface area contributed by atoms with E-state index in [9.17, 15) is 19.8 Å². The minimum atomic E-state index is -0.681. The quantitative estimate of drug-likeness (QED) is 0.0328. The molecule has 0 fully saturated rings. The third-order valence-electron chi connectivity index (χ3n) is 10.5. The smallest absolute Gasteiger partial charge is 0.305 e.